The van der Waals surface area contributed by atoms with Gasteiger partial charge in [-0.2, -0.15) is 10.2 Å². The van der Waals surface area contributed by atoms with E-state index in [1.807, 2.05) is 48.4 Å². The first-order chi connectivity index (χ1) is 46.2. The van der Waals surface area contributed by atoms with Gasteiger partial charge in [-0.25, -0.2) is 19.2 Å². The maximum atomic E-state index is 12.5. The first kappa shape index (κ1) is 66.2. The van der Waals surface area contributed by atoms with E-state index in [4.69, 9.17) is 36.6 Å². The normalized spacial score (nSPS) is 19.8. The van der Waals surface area contributed by atoms with Crippen molar-refractivity contribution in [2.75, 3.05) is 79.8 Å². The molecule has 8 aliphatic rings. The molecule has 0 unspecified atom stereocenters. The molecular formula is C74H86N6O16. The number of aryl methyl sites for hydroxylation is 2. The van der Waals surface area contributed by atoms with Crippen molar-refractivity contribution in [1.82, 2.24) is 19.8 Å². The minimum absolute atomic E-state index is 0.0215. The molecule has 0 atom stereocenters. The largest absolute Gasteiger partial charge is 0.507 e. The number of benzene rings is 4. The van der Waals surface area contributed by atoms with Gasteiger partial charge in [0.1, 0.15) is 23.0 Å². The molecule has 22 nitrogen and oxygen atoms in total. The Morgan fingerprint density at radius 2 is 0.688 bits per heavy atom. The molecular weight excluding hydrogens is 1230 g/mol. The Bertz CT molecular complexity index is 4570. The summed E-state index contributed by atoms with van der Waals surface area (Å²) in [6.45, 7) is 17.0. The first-order valence-electron chi connectivity index (χ1n) is 33.8. The van der Waals surface area contributed by atoms with Crippen molar-refractivity contribution in [2.45, 2.75) is 143 Å². The molecule has 8 aromatic rings. The summed E-state index contributed by atoms with van der Waals surface area (Å²) in [5, 5.41) is 57.6. The maximum Gasteiger partial charge on any atom is 0.341 e. The second-order valence-corrected chi connectivity index (χ2v) is 28.3. The van der Waals surface area contributed by atoms with Crippen LogP contribution in [0.4, 0.5) is 0 Å². The van der Waals surface area contributed by atoms with Crippen LogP contribution in [0.15, 0.2) is 95.6 Å². The molecule has 4 N–H and O–H groups in total. The van der Waals surface area contributed by atoms with E-state index in [9.17, 15) is 39.6 Å². The number of phenols is 4. The van der Waals surface area contributed by atoms with E-state index >= 15 is 0 Å². The van der Waals surface area contributed by atoms with Crippen molar-refractivity contribution in [3.63, 3.8) is 0 Å². The van der Waals surface area contributed by atoms with Crippen LogP contribution in [-0.2, 0) is 70.6 Å². The van der Waals surface area contributed by atoms with Crippen molar-refractivity contribution in [2.24, 2.45) is 21.0 Å². The highest BCUT2D eigenvalue weighted by molar-refractivity contribution is 6.01. The van der Waals surface area contributed by atoms with Crippen LogP contribution in [0.3, 0.4) is 0 Å². The second kappa shape index (κ2) is 27.6. The van der Waals surface area contributed by atoms with Gasteiger partial charge in [0.25, 0.3) is 0 Å². The Hall–Kier alpha value is -8.38. The lowest BCUT2D eigenvalue weighted by molar-refractivity contribution is -0.226. The summed E-state index contributed by atoms with van der Waals surface area (Å²) in [6, 6.07) is 13.9. The van der Waals surface area contributed by atoms with Crippen LogP contribution in [0.5, 0.6) is 23.0 Å². The smallest absolute Gasteiger partial charge is 0.341 e. The second-order valence-electron chi connectivity index (χ2n) is 28.3. The van der Waals surface area contributed by atoms with E-state index in [0.29, 0.717) is 89.7 Å². The molecule has 2 aliphatic carbocycles. The van der Waals surface area contributed by atoms with Crippen LogP contribution in [-0.4, -0.2) is 132 Å². The van der Waals surface area contributed by atoms with Crippen molar-refractivity contribution >= 4 is 56.3 Å². The summed E-state index contributed by atoms with van der Waals surface area (Å²) in [4.78, 5) is 53.8. The maximum absolute atomic E-state index is 12.5. The fraction of sp³-hybridized carbons (Fsp3) is 0.486. The zero-order chi connectivity index (χ0) is 67.2. The molecule has 0 amide bonds. The van der Waals surface area contributed by atoms with Crippen molar-refractivity contribution in [1.29, 1.82) is 0 Å². The van der Waals surface area contributed by atoms with Gasteiger partial charge < -0.3 is 66.8 Å². The summed E-state index contributed by atoms with van der Waals surface area (Å²) in [5.41, 5.74) is 9.25. The van der Waals surface area contributed by atoms with Crippen LogP contribution in [0.1, 0.15) is 158 Å². The minimum atomic E-state index is -0.732. The number of nitrogens with zero attached hydrogens (tertiary/aromatic N) is 6. The predicted octanol–water partition coefficient (Wildman–Crippen LogP) is 10.7. The van der Waals surface area contributed by atoms with Gasteiger partial charge in [-0.05, 0) is 175 Å². The van der Waals surface area contributed by atoms with Gasteiger partial charge in [-0.3, -0.25) is 10.0 Å². The van der Waals surface area contributed by atoms with Gasteiger partial charge in [0.05, 0.1) is 72.2 Å². The highest BCUT2D eigenvalue weighted by Crippen LogP contribution is 2.43. The third-order valence-corrected chi connectivity index (χ3v) is 19.6. The summed E-state index contributed by atoms with van der Waals surface area (Å²) in [6.07, 6.45) is 15.4. The number of fused-ring (bicyclic) bond motifs is 12. The molecule has 96 heavy (non-hydrogen) atoms. The molecule has 4 aromatic carbocycles. The van der Waals surface area contributed by atoms with E-state index in [2.05, 4.69) is 47.7 Å². The van der Waals surface area contributed by atoms with Crippen molar-refractivity contribution < 1.29 is 57.0 Å². The Balaban J connectivity index is 0.000000116. The number of aromatic hydroxyl groups is 4. The highest BCUT2D eigenvalue weighted by atomic mass is 16.7. The average Bonchev–Trinajstić information content (AvgIpc) is 0.962. The van der Waals surface area contributed by atoms with Gasteiger partial charge in [0.15, 0.2) is 34.9 Å². The molecule has 508 valence electrons. The number of likely N-dealkylation sites (N-methyl/N-ethyl adjacent to an activating group) is 2. The molecule has 4 saturated heterocycles. The molecule has 0 radical (unpaired) electrons. The van der Waals surface area contributed by atoms with Crippen LogP contribution in [0.2, 0.25) is 0 Å². The van der Waals surface area contributed by atoms with Crippen LogP contribution < -0.4 is 22.5 Å². The molecule has 22 heteroatoms. The Morgan fingerprint density at radius 3 is 1.05 bits per heavy atom. The van der Waals surface area contributed by atoms with Crippen molar-refractivity contribution in [3.05, 3.63) is 157 Å². The van der Waals surface area contributed by atoms with Gasteiger partial charge in [-0.1, -0.05) is 27.7 Å². The Morgan fingerprint density at radius 1 is 0.385 bits per heavy atom. The lowest BCUT2D eigenvalue weighted by Crippen LogP contribution is -2.34. The molecule has 6 aliphatic heterocycles. The van der Waals surface area contributed by atoms with Crippen LogP contribution >= 0.6 is 0 Å². The zero-order valence-corrected chi connectivity index (χ0v) is 55.7. The number of phenolic OH excluding ortho intramolecular Hbond substituents is 4. The lowest BCUT2D eigenvalue weighted by atomic mass is 9.89. The van der Waals surface area contributed by atoms with Crippen LogP contribution in [0.25, 0.3) is 43.9 Å². The lowest BCUT2D eigenvalue weighted by Gasteiger charge is -2.35. The van der Waals surface area contributed by atoms with E-state index in [-0.39, 0.29) is 56.3 Å². The van der Waals surface area contributed by atoms with Gasteiger partial charge in [0.2, 0.25) is 0 Å². The van der Waals surface area contributed by atoms with Crippen LogP contribution in [0, 0.1) is 10.8 Å². The van der Waals surface area contributed by atoms with E-state index < -0.39 is 12.6 Å². The summed E-state index contributed by atoms with van der Waals surface area (Å²) in [7, 11) is 3.98. The molecule has 10 heterocycles. The molecule has 0 spiro atoms. The third-order valence-electron chi connectivity index (χ3n) is 19.6. The summed E-state index contributed by atoms with van der Waals surface area (Å²) in [5.74, 6) is 0.236. The fourth-order valence-corrected chi connectivity index (χ4v) is 14.3. The SMILES string of the molecule is CC1(C)COC(c2c(O)ccc3c4c(c(=O)oc23)CCCC4)OC1.CN1CCc2c(c(=O)oc3c(/C=N/N4CCCC4)c(O)ccc23)C1.CN1CCc2c(c(=O)oc3c(C4OCC(C)(C)CO4)c(O)ccc23)C1.O=c1oc2c(/C=N/N3CCCC3)c(O)ccc2c2c1CCCC2. The molecule has 0 saturated carbocycles. The predicted molar refractivity (Wildman–Crippen MR) is 364 cm³/mol. The van der Waals surface area contributed by atoms with Gasteiger partial charge in [-0.15, -0.1) is 0 Å². The van der Waals surface area contributed by atoms with Gasteiger partial charge >= 0.3 is 22.5 Å². The highest BCUT2D eigenvalue weighted by Gasteiger charge is 2.36. The van der Waals surface area contributed by atoms with Gasteiger partial charge in [0, 0.05) is 95.9 Å². The average molecular weight is 1320 g/mol. The first-order valence-corrected chi connectivity index (χ1v) is 33.8. The summed E-state index contributed by atoms with van der Waals surface area (Å²) >= 11 is 0. The Kier molecular flexibility index (Phi) is 19.1. The Labute approximate surface area is 554 Å². The third kappa shape index (κ3) is 13.7. The molecule has 0 bridgehead atoms. The summed E-state index contributed by atoms with van der Waals surface area (Å²) < 4.78 is 45.6. The molecule has 4 fully saturated rings. The molecule has 16 rings (SSSR count). The van der Waals surface area contributed by atoms with E-state index in [0.717, 1.165) is 190 Å². The zero-order valence-electron chi connectivity index (χ0n) is 55.7. The topological polar surface area (TPSA) is 276 Å². The number of rotatable bonds is 6. The number of hydrogen-bond donors (Lipinski definition) is 4. The monoisotopic (exact) mass is 1310 g/mol. The van der Waals surface area contributed by atoms with E-state index in [1.165, 1.54) is 0 Å². The quantitative estimate of drug-likeness (QED) is 0.0889. The van der Waals surface area contributed by atoms with E-state index in [1.54, 1.807) is 36.7 Å². The fourth-order valence-electron chi connectivity index (χ4n) is 14.3. The number of ether oxygens (including phenoxy) is 4. The minimum Gasteiger partial charge on any atom is -0.507 e. The standard InChI is InChI=1S/C19H23NO5.C19H22O5.C18H21N3O3.C18H20N2O3/c1-19(2)9-23-18(24-10-19)15-14(21)5-4-12-11-6-7-20(3)8-13(11)17(22)25-16(12)15;1-19(2)9-22-18(23-10-19)15-14(20)8-7-12-11-5-3-4-6-13(11)17(21)24-16(12)15;1-20-9-6-12-13-4-5-16(22)14(10-19-21-7-2-3-8-21)17(13)24-18(23)15(12)11-20;21-16-8-7-13-12-5-1-2-6-14(12)18(22)23-17(13)15(16)11-19-20-9-3-4-10-20/h4-5,18,21H,6-10H2,1-3H3;7-8,18,20H,3-6,9-10H2,1-2H3;4-5,10,22H,2-3,6-9,11H2,1H3;7-8,11,21H,1-6,9-10H2/b;;19-10+;19-11+. The number of hydrogen-bond acceptors (Lipinski definition) is 22. The molecule has 4 aromatic heterocycles. The number of hydrazone groups is 2. The van der Waals surface area contributed by atoms with Crippen molar-refractivity contribution in [3.8, 4) is 23.0 Å².